The van der Waals surface area contributed by atoms with E-state index < -0.39 is 0 Å². The number of hydrazone groups is 1. The molecule has 3 aromatic rings. The van der Waals surface area contributed by atoms with Crippen LogP contribution >= 0.6 is 35.0 Å². The van der Waals surface area contributed by atoms with Crippen molar-refractivity contribution in [1.29, 1.82) is 0 Å². The van der Waals surface area contributed by atoms with Crippen LogP contribution in [0.3, 0.4) is 0 Å². The van der Waals surface area contributed by atoms with Gasteiger partial charge in [-0.2, -0.15) is 5.10 Å². The maximum Gasteiger partial charge on any atom is 0.253 e. The average Bonchev–Trinajstić information content (AvgIpc) is 2.80. The van der Waals surface area contributed by atoms with Crippen LogP contribution in [0.25, 0.3) is 0 Å². The molecule has 0 aliphatic heterocycles. The van der Waals surface area contributed by atoms with Gasteiger partial charge in [0.05, 0.1) is 18.6 Å². The van der Waals surface area contributed by atoms with E-state index in [-0.39, 0.29) is 17.8 Å². The Morgan fingerprint density at radius 2 is 1.85 bits per heavy atom. The van der Waals surface area contributed by atoms with Gasteiger partial charge in [-0.05, 0) is 61.9 Å². The fraction of sp³-hybridized carbons (Fsp3) is 0.200. The summed E-state index contributed by atoms with van der Waals surface area (Å²) >= 11 is 13.6. The second-order valence-electron chi connectivity index (χ2n) is 7.24. The smallest absolute Gasteiger partial charge is 0.253 e. The number of hydrogen-bond acceptors (Lipinski definition) is 5. The minimum atomic E-state index is -0.283. The molecule has 0 radical (unpaired) electrons. The summed E-state index contributed by atoms with van der Waals surface area (Å²) in [6.07, 6.45) is 1.56. The summed E-state index contributed by atoms with van der Waals surface area (Å²) in [5, 5.41) is 4.90. The number of ether oxygens (including phenoxy) is 2. The van der Waals surface area contributed by atoms with Gasteiger partial charge in [0.2, 0.25) is 0 Å². The maximum absolute atomic E-state index is 12.3. The number of thioether (sulfide) groups is 1. The molecule has 0 spiro atoms. The first-order valence-electron chi connectivity index (χ1n) is 10.2. The van der Waals surface area contributed by atoms with E-state index in [4.69, 9.17) is 32.7 Å². The number of amides is 1. The Hall–Kier alpha value is -2.67. The van der Waals surface area contributed by atoms with Gasteiger partial charge in [0.1, 0.15) is 6.61 Å². The van der Waals surface area contributed by atoms with E-state index in [1.54, 1.807) is 37.6 Å². The zero-order chi connectivity index (χ0) is 23.8. The monoisotopic (exact) mass is 502 g/mol. The van der Waals surface area contributed by atoms with E-state index in [0.29, 0.717) is 21.5 Å². The molecule has 0 aliphatic rings. The molecule has 0 saturated carbocycles. The van der Waals surface area contributed by atoms with Crippen molar-refractivity contribution in [3.05, 3.63) is 87.4 Å². The molecule has 0 aromatic heterocycles. The quantitative estimate of drug-likeness (QED) is 0.205. The van der Waals surface area contributed by atoms with Crippen molar-refractivity contribution in [2.45, 2.75) is 30.6 Å². The van der Waals surface area contributed by atoms with Gasteiger partial charge < -0.3 is 9.47 Å². The summed E-state index contributed by atoms with van der Waals surface area (Å²) in [4.78, 5) is 13.4. The van der Waals surface area contributed by atoms with Crippen molar-refractivity contribution < 1.29 is 14.3 Å². The molecule has 3 aromatic carbocycles. The molecule has 33 heavy (non-hydrogen) atoms. The minimum absolute atomic E-state index is 0.177. The number of rotatable bonds is 9. The molecule has 1 atom stereocenters. The van der Waals surface area contributed by atoms with Gasteiger partial charge in [-0.1, -0.05) is 47.0 Å². The number of nitrogens with zero attached hydrogens (tertiary/aromatic N) is 1. The third-order valence-corrected chi connectivity index (χ3v) is 6.38. The van der Waals surface area contributed by atoms with Crippen LogP contribution in [0.5, 0.6) is 11.5 Å². The third-order valence-electron chi connectivity index (χ3n) is 4.68. The lowest BCUT2D eigenvalue weighted by Crippen LogP contribution is -2.26. The predicted octanol–water partition coefficient (Wildman–Crippen LogP) is 6.52. The number of aryl methyl sites for hydroxylation is 1. The molecule has 0 aliphatic carbocycles. The van der Waals surface area contributed by atoms with Crippen molar-refractivity contribution in [3.63, 3.8) is 0 Å². The molecule has 3 rings (SSSR count). The zero-order valence-corrected chi connectivity index (χ0v) is 20.8. The molecular formula is C25H24Cl2N2O3S. The van der Waals surface area contributed by atoms with Crippen LogP contribution in [0.1, 0.15) is 23.6 Å². The molecule has 172 valence electrons. The van der Waals surface area contributed by atoms with Gasteiger partial charge in [-0.3, -0.25) is 4.79 Å². The summed E-state index contributed by atoms with van der Waals surface area (Å²) < 4.78 is 11.3. The highest BCUT2D eigenvalue weighted by molar-refractivity contribution is 8.00. The second-order valence-corrected chi connectivity index (χ2v) is 9.50. The number of carbonyl (C=O) groups is 1. The first-order chi connectivity index (χ1) is 15.9. The van der Waals surface area contributed by atoms with Crippen molar-refractivity contribution in [2.24, 2.45) is 5.10 Å². The molecular weight excluding hydrogens is 479 g/mol. The first kappa shape index (κ1) is 25.0. The van der Waals surface area contributed by atoms with Crippen LogP contribution in [-0.2, 0) is 11.4 Å². The van der Waals surface area contributed by atoms with E-state index in [1.807, 2.05) is 50.2 Å². The molecule has 0 fully saturated rings. The Morgan fingerprint density at radius 3 is 2.55 bits per heavy atom. The highest BCUT2D eigenvalue weighted by Crippen LogP contribution is 2.30. The summed E-state index contributed by atoms with van der Waals surface area (Å²) in [6, 6.07) is 18.7. The molecule has 0 unspecified atom stereocenters. The average molecular weight is 503 g/mol. The van der Waals surface area contributed by atoms with Gasteiger partial charge in [0, 0.05) is 20.5 Å². The van der Waals surface area contributed by atoms with Crippen LogP contribution in [0.2, 0.25) is 10.0 Å². The highest BCUT2D eigenvalue weighted by Gasteiger charge is 2.13. The van der Waals surface area contributed by atoms with E-state index in [1.165, 1.54) is 17.3 Å². The minimum Gasteiger partial charge on any atom is -0.493 e. The number of halogens is 2. The molecule has 8 heteroatoms. The Bertz CT molecular complexity index is 1140. The van der Waals surface area contributed by atoms with E-state index >= 15 is 0 Å². The SMILES string of the molecule is COc1cc(/C=N\NC(=O)[C@H](C)Sc2ccc(C)cc2)ccc1OCc1ccc(Cl)cc1Cl. The Balaban J connectivity index is 1.57. The lowest BCUT2D eigenvalue weighted by atomic mass is 10.2. The topological polar surface area (TPSA) is 59.9 Å². The van der Waals surface area contributed by atoms with Crippen LogP contribution in [0.4, 0.5) is 0 Å². The van der Waals surface area contributed by atoms with E-state index in [9.17, 15) is 4.79 Å². The van der Waals surface area contributed by atoms with Crippen molar-refractivity contribution in [3.8, 4) is 11.5 Å². The summed E-state index contributed by atoms with van der Waals surface area (Å²) in [5.41, 5.74) is 5.33. The predicted molar refractivity (Wildman–Crippen MR) is 136 cm³/mol. The normalized spacial score (nSPS) is 11.9. The number of benzene rings is 3. The first-order valence-corrected chi connectivity index (χ1v) is 11.8. The van der Waals surface area contributed by atoms with Crippen molar-refractivity contribution in [1.82, 2.24) is 5.43 Å². The summed E-state index contributed by atoms with van der Waals surface area (Å²) in [7, 11) is 1.56. The molecule has 1 amide bonds. The Labute approximate surface area is 208 Å². The standard InChI is InChI=1S/C25H24Cl2N2O3S/c1-16-4-9-21(10-5-16)33-17(2)25(30)29-28-14-18-6-11-23(24(12-18)31-3)32-15-19-7-8-20(26)13-22(19)27/h4-14,17H,15H2,1-3H3,(H,29,30)/b28-14-/t17-/m0/s1. The fourth-order valence-corrected chi connectivity index (χ4v) is 4.14. The Morgan fingerprint density at radius 1 is 1.09 bits per heavy atom. The Kier molecular flexibility index (Phi) is 9.06. The largest absolute Gasteiger partial charge is 0.493 e. The second kappa shape index (κ2) is 12.0. The van der Waals surface area contributed by atoms with Crippen LogP contribution in [-0.4, -0.2) is 24.5 Å². The molecule has 5 nitrogen and oxygen atoms in total. The van der Waals surface area contributed by atoms with Crippen LogP contribution in [0, 0.1) is 6.92 Å². The fourth-order valence-electron chi connectivity index (χ4n) is 2.81. The third kappa shape index (κ3) is 7.42. The van der Waals surface area contributed by atoms with Gasteiger partial charge in [-0.25, -0.2) is 5.43 Å². The molecule has 0 saturated heterocycles. The zero-order valence-electron chi connectivity index (χ0n) is 18.5. The number of methoxy groups -OCH3 is 1. The number of carbonyl (C=O) groups excluding carboxylic acids is 1. The van der Waals surface area contributed by atoms with E-state index in [2.05, 4.69) is 10.5 Å². The van der Waals surface area contributed by atoms with Crippen molar-refractivity contribution >= 4 is 47.1 Å². The number of hydrogen-bond donors (Lipinski definition) is 1. The lowest BCUT2D eigenvalue weighted by molar-refractivity contribution is -0.120. The molecule has 1 N–H and O–H groups in total. The van der Waals surface area contributed by atoms with Gasteiger partial charge in [-0.15, -0.1) is 11.8 Å². The van der Waals surface area contributed by atoms with Gasteiger partial charge in [0.25, 0.3) is 5.91 Å². The van der Waals surface area contributed by atoms with Gasteiger partial charge in [0.15, 0.2) is 11.5 Å². The summed E-state index contributed by atoms with van der Waals surface area (Å²) in [5.74, 6) is 0.926. The van der Waals surface area contributed by atoms with Crippen LogP contribution in [0.15, 0.2) is 70.7 Å². The van der Waals surface area contributed by atoms with Crippen LogP contribution < -0.4 is 14.9 Å². The molecule has 0 heterocycles. The van der Waals surface area contributed by atoms with E-state index in [0.717, 1.165) is 16.0 Å². The van der Waals surface area contributed by atoms with Gasteiger partial charge >= 0.3 is 0 Å². The molecule has 0 bridgehead atoms. The highest BCUT2D eigenvalue weighted by atomic mass is 35.5. The summed E-state index contributed by atoms with van der Waals surface area (Å²) in [6.45, 7) is 4.14. The maximum atomic E-state index is 12.3. The number of nitrogens with one attached hydrogen (secondary N) is 1. The lowest BCUT2D eigenvalue weighted by Gasteiger charge is -2.12. The van der Waals surface area contributed by atoms with Crippen molar-refractivity contribution in [2.75, 3.05) is 7.11 Å².